The van der Waals surface area contributed by atoms with Gasteiger partial charge in [0.2, 0.25) is 0 Å². The van der Waals surface area contributed by atoms with Crippen molar-refractivity contribution in [1.29, 1.82) is 0 Å². The van der Waals surface area contributed by atoms with Gasteiger partial charge in [-0.25, -0.2) is 4.79 Å². The Morgan fingerprint density at radius 2 is 1.56 bits per heavy atom. The summed E-state index contributed by atoms with van der Waals surface area (Å²) in [5.41, 5.74) is 3.57. The second kappa shape index (κ2) is 9.68. The minimum Gasteiger partial charge on any atom is -0.335 e. The Bertz CT molecular complexity index is 1280. The first-order chi connectivity index (χ1) is 17.3. The Morgan fingerprint density at radius 3 is 2.28 bits per heavy atom. The highest BCUT2D eigenvalue weighted by Crippen LogP contribution is 2.32. The van der Waals surface area contributed by atoms with Crippen LogP contribution < -0.4 is 10.6 Å². The van der Waals surface area contributed by atoms with E-state index in [-0.39, 0.29) is 18.0 Å². The summed E-state index contributed by atoms with van der Waals surface area (Å²) in [6.45, 7) is 1.60. The smallest absolute Gasteiger partial charge is 0.335 e. The van der Waals surface area contributed by atoms with Crippen molar-refractivity contribution in [3.8, 4) is 11.1 Å². The minimum atomic E-state index is -4.42. The van der Waals surface area contributed by atoms with Gasteiger partial charge >= 0.3 is 12.2 Å². The van der Waals surface area contributed by atoms with Crippen LogP contribution in [0.1, 0.15) is 39.9 Å². The van der Waals surface area contributed by atoms with E-state index in [1.165, 1.54) is 12.1 Å². The van der Waals surface area contributed by atoms with E-state index in [4.69, 9.17) is 0 Å². The van der Waals surface area contributed by atoms with Crippen LogP contribution in [0.25, 0.3) is 11.1 Å². The number of hydrogen-bond acceptors (Lipinski definition) is 2. The highest BCUT2D eigenvalue weighted by molar-refractivity contribution is 6.08. The molecule has 1 saturated heterocycles. The fourth-order valence-electron chi connectivity index (χ4n) is 4.95. The summed E-state index contributed by atoms with van der Waals surface area (Å²) in [5, 5.41) is 6.04. The van der Waals surface area contributed by atoms with Crippen LogP contribution in [0.2, 0.25) is 0 Å². The molecule has 1 fully saturated rings. The second-order valence-electron chi connectivity index (χ2n) is 9.31. The molecule has 1 heterocycles. The summed E-state index contributed by atoms with van der Waals surface area (Å²) in [6, 6.07) is 17.4. The van der Waals surface area contributed by atoms with E-state index in [0.29, 0.717) is 28.8 Å². The van der Waals surface area contributed by atoms with Gasteiger partial charge in [-0.2, -0.15) is 13.2 Å². The van der Waals surface area contributed by atoms with Crippen molar-refractivity contribution < 1.29 is 22.8 Å². The zero-order valence-electron chi connectivity index (χ0n) is 19.6. The van der Waals surface area contributed by atoms with Crippen molar-refractivity contribution in [1.82, 2.24) is 10.2 Å². The quantitative estimate of drug-likeness (QED) is 0.476. The summed E-state index contributed by atoms with van der Waals surface area (Å²) < 4.78 is 38.8. The van der Waals surface area contributed by atoms with Crippen LogP contribution in [0.15, 0.2) is 66.7 Å². The fourth-order valence-corrected chi connectivity index (χ4v) is 4.95. The molecule has 0 aromatic heterocycles. The Hall–Kier alpha value is -3.81. The number of alkyl halides is 3. The molecule has 0 bridgehead atoms. The van der Waals surface area contributed by atoms with E-state index in [2.05, 4.69) is 10.6 Å². The Morgan fingerprint density at radius 1 is 0.861 bits per heavy atom. The number of carbonyl (C=O) groups excluding carboxylic acids is 2. The number of nitrogens with zero attached hydrogens (tertiary/aromatic N) is 1. The van der Waals surface area contributed by atoms with Gasteiger partial charge in [-0.05, 0) is 78.3 Å². The van der Waals surface area contributed by atoms with E-state index >= 15 is 0 Å². The predicted molar refractivity (Wildman–Crippen MR) is 132 cm³/mol. The molecule has 3 aromatic carbocycles. The maximum Gasteiger partial charge on any atom is 0.416 e. The van der Waals surface area contributed by atoms with Crippen molar-refractivity contribution in [3.63, 3.8) is 0 Å². The van der Waals surface area contributed by atoms with Crippen molar-refractivity contribution in [2.45, 2.75) is 37.9 Å². The van der Waals surface area contributed by atoms with Gasteiger partial charge in [0.05, 0.1) is 5.56 Å². The molecule has 1 unspecified atom stereocenters. The zero-order valence-corrected chi connectivity index (χ0v) is 19.6. The highest BCUT2D eigenvalue weighted by Gasteiger charge is 2.30. The Labute approximate surface area is 207 Å². The summed E-state index contributed by atoms with van der Waals surface area (Å²) in [6.07, 6.45) is -0.883. The van der Waals surface area contributed by atoms with Crippen LogP contribution in [-0.4, -0.2) is 36.0 Å². The fraction of sp³-hybridized carbons (Fsp3) is 0.286. The topological polar surface area (TPSA) is 61.4 Å². The predicted octanol–water partition coefficient (Wildman–Crippen LogP) is 5.90. The Balaban J connectivity index is 1.28. The molecular formula is C28H26F3N3O2. The molecule has 3 amide bonds. The average molecular weight is 494 g/mol. The van der Waals surface area contributed by atoms with Gasteiger partial charge in [0.25, 0.3) is 5.91 Å². The maximum absolute atomic E-state index is 13.1. The van der Waals surface area contributed by atoms with Gasteiger partial charge in [-0.15, -0.1) is 0 Å². The Kier molecular flexibility index (Phi) is 6.43. The van der Waals surface area contributed by atoms with E-state index < -0.39 is 11.7 Å². The number of likely N-dealkylation sites (tertiary alicyclic amines) is 1. The number of carbonyl (C=O) groups is 2. The van der Waals surface area contributed by atoms with Gasteiger partial charge in [-0.3, -0.25) is 4.79 Å². The van der Waals surface area contributed by atoms with Crippen LogP contribution in [-0.2, 0) is 19.0 Å². The molecule has 1 aliphatic heterocycles. The number of urea groups is 1. The zero-order chi connectivity index (χ0) is 25.3. The third-order valence-electron chi connectivity index (χ3n) is 6.81. The third-order valence-corrected chi connectivity index (χ3v) is 6.81. The number of fused-ring (bicyclic) bond motifs is 1. The summed E-state index contributed by atoms with van der Waals surface area (Å²) in [5.74, 6) is -0.345. The molecule has 2 aliphatic rings. The molecular weight excluding hydrogens is 467 g/mol. The molecule has 1 aliphatic carbocycles. The van der Waals surface area contributed by atoms with Gasteiger partial charge in [0.15, 0.2) is 0 Å². The lowest BCUT2D eigenvalue weighted by atomic mass is 9.98. The van der Waals surface area contributed by atoms with Crippen molar-refractivity contribution >= 4 is 17.6 Å². The van der Waals surface area contributed by atoms with Crippen LogP contribution in [0.3, 0.4) is 0 Å². The normalized spacial score (nSPS) is 17.1. The lowest BCUT2D eigenvalue weighted by Crippen LogP contribution is -2.43. The molecule has 0 radical (unpaired) electrons. The number of rotatable bonds is 4. The molecule has 36 heavy (non-hydrogen) atoms. The first-order valence-electron chi connectivity index (χ1n) is 12.0. The molecule has 2 N–H and O–H groups in total. The first-order valence-corrected chi connectivity index (χ1v) is 12.0. The van der Waals surface area contributed by atoms with Gasteiger partial charge in [-0.1, -0.05) is 36.4 Å². The standard InChI is InChI=1S/C28H26F3N3O2/c29-28(30,31)21-10-7-18(8-11-21)24-5-1-2-6-25(24)26(35)32-22-12-9-19-15-23(17-20(19)16-22)33-27(36)34-13-3-4-14-34/h1-2,5-12,16,23H,3-4,13-15,17H2,(H,32,35)(H,33,36). The lowest BCUT2D eigenvalue weighted by Gasteiger charge is -2.19. The van der Waals surface area contributed by atoms with Gasteiger partial charge < -0.3 is 15.5 Å². The molecule has 0 spiro atoms. The average Bonchev–Trinajstić information content (AvgIpc) is 3.53. The van der Waals surface area contributed by atoms with Crippen LogP contribution in [0.4, 0.5) is 23.7 Å². The van der Waals surface area contributed by atoms with E-state index in [0.717, 1.165) is 55.6 Å². The van der Waals surface area contributed by atoms with E-state index in [1.807, 2.05) is 23.1 Å². The van der Waals surface area contributed by atoms with Crippen molar-refractivity contribution in [2.24, 2.45) is 0 Å². The second-order valence-corrected chi connectivity index (χ2v) is 9.31. The monoisotopic (exact) mass is 493 g/mol. The summed E-state index contributed by atoms with van der Waals surface area (Å²) in [4.78, 5) is 27.4. The van der Waals surface area contributed by atoms with Gasteiger partial charge in [0.1, 0.15) is 0 Å². The largest absolute Gasteiger partial charge is 0.416 e. The van der Waals surface area contributed by atoms with Crippen LogP contribution >= 0.6 is 0 Å². The third kappa shape index (κ3) is 5.08. The molecule has 186 valence electrons. The van der Waals surface area contributed by atoms with Crippen LogP contribution in [0.5, 0.6) is 0 Å². The number of amides is 3. The molecule has 0 saturated carbocycles. The molecule has 5 nitrogen and oxygen atoms in total. The van der Waals surface area contributed by atoms with E-state index in [9.17, 15) is 22.8 Å². The molecule has 1 atom stereocenters. The molecule has 5 rings (SSSR count). The molecule has 3 aromatic rings. The number of halogens is 3. The van der Waals surface area contributed by atoms with E-state index in [1.54, 1.807) is 24.3 Å². The highest BCUT2D eigenvalue weighted by atomic mass is 19.4. The minimum absolute atomic E-state index is 0.0151. The number of anilines is 1. The number of hydrogen-bond donors (Lipinski definition) is 2. The van der Waals surface area contributed by atoms with Gasteiger partial charge in [0, 0.05) is 30.4 Å². The SMILES string of the molecule is O=C(Nc1ccc2c(c1)CC(NC(=O)N1CCCC1)C2)c1ccccc1-c1ccc(C(F)(F)F)cc1. The van der Waals surface area contributed by atoms with Crippen LogP contribution in [0, 0.1) is 0 Å². The number of benzene rings is 3. The first kappa shape index (κ1) is 23.9. The summed E-state index contributed by atoms with van der Waals surface area (Å²) in [7, 11) is 0. The van der Waals surface area contributed by atoms with Crippen molar-refractivity contribution in [2.75, 3.05) is 18.4 Å². The van der Waals surface area contributed by atoms with Crippen molar-refractivity contribution in [3.05, 3.63) is 89.0 Å². The number of nitrogens with one attached hydrogen (secondary N) is 2. The maximum atomic E-state index is 13.1. The summed E-state index contributed by atoms with van der Waals surface area (Å²) >= 11 is 0. The molecule has 8 heteroatoms. The lowest BCUT2D eigenvalue weighted by molar-refractivity contribution is -0.137.